The molecule has 5 heteroatoms. The second kappa shape index (κ2) is 4.97. The van der Waals surface area contributed by atoms with Crippen LogP contribution >= 0.6 is 0 Å². The van der Waals surface area contributed by atoms with E-state index in [-0.39, 0.29) is 29.5 Å². The Morgan fingerprint density at radius 2 is 1.74 bits per heavy atom. The normalized spacial score (nSPS) is 15.1. The van der Waals surface area contributed by atoms with Crippen LogP contribution in [0, 0.1) is 6.92 Å². The van der Waals surface area contributed by atoms with Crippen LogP contribution < -0.4 is 0 Å². The number of carbonyl (C=O) groups excluding carboxylic acids is 2. The maximum atomic E-state index is 12.1. The summed E-state index contributed by atoms with van der Waals surface area (Å²) in [5.41, 5.74) is 1.86. The summed E-state index contributed by atoms with van der Waals surface area (Å²) >= 11 is 0. The largest absolute Gasteiger partial charge is 0.269 e. The number of imide groups is 1. The highest BCUT2D eigenvalue weighted by Crippen LogP contribution is 2.23. The number of hydrogen-bond acceptors (Lipinski definition) is 4. The zero-order valence-corrected chi connectivity index (χ0v) is 10.6. The molecule has 0 saturated carbocycles. The number of nitrogens with zero attached hydrogens (tertiary/aromatic N) is 3. The second-order valence-corrected chi connectivity index (χ2v) is 4.08. The summed E-state index contributed by atoms with van der Waals surface area (Å²) in [7, 11) is 0. The van der Waals surface area contributed by atoms with E-state index in [2.05, 4.69) is 23.1 Å². The molecule has 0 atom stereocenters. The summed E-state index contributed by atoms with van der Waals surface area (Å²) < 4.78 is 0. The standard InChI is InChI=1S/C14H13N3O2/c1-4-11-12(5-2)14(19)17(13(11)18)8-10-7-15-6-9(3)16-10/h4-7H,1-2,8H2,3H3. The molecule has 2 heterocycles. The lowest BCUT2D eigenvalue weighted by molar-refractivity contribution is -0.138. The van der Waals surface area contributed by atoms with Gasteiger partial charge in [-0.25, -0.2) is 0 Å². The van der Waals surface area contributed by atoms with E-state index in [0.717, 1.165) is 10.6 Å². The molecule has 0 N–H and O–H groups in total. The van der Waals surface area contributed by atoms with E-state index in [4.69, 9.17) is 0 Å². The van der Waals surface area contributed by atoms with Gasteiger partial charge in [0.2, 0.25) is 0 Å². The second-order valence-electron chi connectivity index (χ2n) is 4.08. The van der Waals surface area contributed by atoms with Crippen molar-refractivity contribution in [1.29, 1.82) is 0 Å². The van der Waals surface area contributed by atoms with Gasteiger partial charge in [0.15, 0.2) is 0 Å². The first kappa shape index (κ1) is 12.9. The van der Waals surface area contributed by atoms with Crippen LogP contribution in [0.3, 0.4) is 0 Å². The molecule has 0 aromatic carbocycles. The van der Waals surface area contributed by atoms with Crippen LogP contribution in [0.15, 0.2) is 48.8 Å². The van der Waals surface area contributed by atoms with Crippen LogP contribution in [-0.4, -0.2) is 26.7 Å². The van der Waals surface area contributed by atoms with Crippen LogP contribution in [-0.2, 0) is 16.1 Å². The smallest absolute Gasteiger partial charge is 0.261 e. The third-order valence-corrected chi connectivity index (χ3v) is 2.77. The molecule has 0 saturated heterocycles. The monoisotopic (exact) mass is 255 g/mol. The van der Waals surface area contributed by atoms with E-state index in [1.54, 1.807) is 13.1 Å². The molecule has 0 fully saturated rings. The third kappa shape index (κ3) is 2.22. The van der Waals surface area contributed by atoms with E-state index < -0.39 is 0 Å². The molecule has 1 aliphatic rings. The van der Waals surface area contributed by atoms with Crippen molar-refractivity contribution in [1.82, 2.24) is 14.9 Å². The minimum Gasteiger partial charge on any atom is -0.269 e. The molecule has 19 heavy (non-hydrogen) atoms. The number of rotatable bonds is 4. The first-order valence-electron chi connectivity index (χ1n) is 5.71. The molecule has 1 aromatic rings. The number of aryl methyl sites for hydroxylation is 1. The van der Waals surface area contributed by atoms with Gasteiger partial charge in [0.1, 0.15) is 0 Å². The summed E-state index contributed by atoms with van der Waals surface area (Å²) in [4.78, 5) is 33.5. The van der Waals surface area contributed by atoms with Crippen LogP contribution in [0.5, 0.6) is 0 Å². The van der Waals surface area contributed by atoms with Crippen LogP contribution in [0.2, 0.25) is 0 Å². The van der Waals surface area contributed by atoms with Gasteiger partial charge in [-0.3, -0.25) is 24.5 Å². The van der Waals surface area contributed by atoms with Crippen molar-refractivity contribution in [3.05, 3.63) is 60.2 Å². The van der Waals surface area contributed by atoms with Gasteiger partial charge in [0, 0.05) is 6.20 Å². The number of hydrogen-bond donors (Lipinski definition) is 0. The molecule has 2 rings (SSSR count). The van der Waals surface area contributed by atoms with Crippen molar-refractivity contribution < 1.29 is 9.59 Å². The molecule has 5 nitrogen and oxygen atoms in total. The molecule has 0 aliphatic carbocycles. The van der Waals surface area contributed by atoms with E-state index in [9.17, 15) is 9.59 Å². The van der Waals surface area contributed by atoms with Crippen molar-refractivity contribution in [3.8, 4) is 0 Å². The molecule has 0 radical (unpaired) electrons. The minimum absolute atomic E-state index is 0.0982. The van der Waals surface area contributed by atoms with Gasteiger partial charge in [-0.2, -0.15) is 0 Å². The van der Waals surface area contributed by atoms with Crippen molar-refractivity contribution >= 4 is 11.8 Å². The topological polar surface area (TPSA) is 63.2 Å². The molecule has 0 spiro atoms. The molecule has 0 bridgehead atoms. The number of carbonyl (C=O) groups is 2. The summed E-state index contributed by atoms with van der Waals surface area (Å²) in [6.45, 7) is 8.99. The van der Waals surface area contributed by atoms with Crippen LogP contribution in [0.1, 0.15) is 11.4 Å². The summed E-state index contributed by atoms with van der Waals surface area (Å²) in [5.74, 6) is -0.753. The Bertz CT molecular complexity index is 587. The highest BCUT2D eigenvalue weighted by molar-refractivity contribution is 6.21. The molecular weight excluding hydrogens is 242 g/mol. The quantitative estimate of drug-likeness (QED) is 0.761. The highest BCUT2D eigenvalue weighted by atomic mass is 16.2. The van der Waals surface area contributed by atoms with Crippen molar-refractivity contribution in [2.75, 3.05) is 0 Å². The Labute approximate surface area is 111 Å². The lowest BCUT2D eigenvalue weighted by Crippen LogP contribution is -2.31. The Balaban J connectivity index is 2.29. The molecule has 1 aromatic heterocycles. The van der Waals surface area contributed by atoms with Crippen LogP contribution in [0.25, 0.3) is 0 Å². The average Bonchev–Trinajstić information content (AvgIpc) is 2.62. The number of aromatic nitrogens is 2. The average molecular weight is 255 g/mol. The Morgan fingerprint density at radius 1 is 1.16 bits per heavy atom. The molecule has 2 amide bonds. The maximum absolute atomic E-state index is 12.1. The maximum Gasteiger partial charge on any atom is 0.261 e. The Kier molecular flexibility index (Phi) is 3.37. The van der Waals surface area contributed by atoms with E-state index in [1.807, 2.05) is 0 Å². The SMILES string of the molecule is C=CC1=C(C=C)C(=O)N(Cc2cncc(C)n2)C1=O. The van der Waals surface area contributed by atoms with Gasteiger partial charge in [-0.15, -0.1) is 0 Å². The summed E-state index contributed by atoms with van der Waals surface area (Å²) in [6.07, 6.45) is 5.89. The fraction of sp³-hybridized carbons (Fsp3) is 0.143. The van der Waals surface area contributed by atoms with Crippen molar-refractivity contribution in [2.45, 2.75) is 13.5 Å². The highest BCUT2D eigenvalue weighted by Gasteiger charge is 2.35. The van der Waals surface area contributed by atoms with Crippen molar-refractivity contribution in [2.24, 2.45) is 0 Å². The fourth-order valence-electron chi connectivity index (χ4n) is 1.91. The predicted octanol–water partition coefficient (Wildman–Crippen LogP) is 1.32. The molecule has 0 unspecified atom stereocenters. The van der Waals surface area contributed by atoms with E-state index >= 15 is 0 Å². The molecular formula is C14H13N3O2. The third-order valence-electron chi connectivity index (χ3n) is 2.77. The van der Waals surface area contributed by atoms with Crippen LogP contribution in [0.4, 0.5) is 0 Å². The Hall–Kier alpha value is -2.56. The zero-order chi connectivity index (χ0) is 14.0. The summed E-state index contributed by atoms with van der Waals surface area (Å²) in [6, 6.07) is 0. The van der Waals surface area contributed by atoms with Gasteiger partial charge in [0.25, 0.3) is 11.8 Å². The lowest BCUT2D eigenvalue weighted by atomic mass is 10.1. The van der Waals surface area contributed by atoms with Gasteiger partial charge >= 0.3 is 0 Å². The van der Waals surface area contributed by atoms with Gasteiger partial charge in [-0.05, 0) is 6.92 Å². The van der Waals surface area contributed by atoms with Gasteiger partial charge in [0.05, 0.1) is 35.3 Å². The van der Waals surface area contributed by atoms with Crippen molar-refractivity contribution in [3.63, 3.8) is 0 Å². The zero-order valence-electron chi connectivity index (χ0n) is 10.6. The first-order valence-corrected chi connectivity index (χ1v) is 5.71. The van der Waals surface area contributed by atoms with Gasteiger partial charge < -0.3 is 0 Å². The Morgan fingerprint density at radius 3 is 2.21 bits per heavy atom. The first-order chi connectivity index (χ1) is 9.08. The predicted molar refractivity (Wildman–Crippen MR) is 69.7 cm³/mol. The summed E-state index contributed by atoms with van der Waals surface area (Å²) in [5, 5.41) is 0. The van der Waals surface area contributed by atoms with E-state index in [0.29, 0.717) is 5.69 Å². The number of amides is 2. The fourth-order valence-corrected chi connectivity index (χ4v) is 1.91. The lowest BCUT2D eigenvalue weighted by Gasteiger charge is -2.14. The van der Waals surface area contributed by atoms with E-state index in [1.165, 1.54) is 18.3 Å². The molecule has 96 valence electrons. The minimum atomic E-state index is -0.377. The van der Waals surface area contributed by atoms with Gasteiger partial charge in [-0.1, -0.05) is 25.3 Å². The molecule has 1 aliphatic heterocycles.